The molecule has 1 aromatic carbocycles. The highest BCUT2D eigenvalue weighted by Gasteiger charge is 2.24. The second-order valence-electron chi connectivity index (χ2n) is 3.67. The standard InChI is InChI=1S/C10H9ClN2O3/c11-8-3-6(1-2-9(8)13(15)16)7-4-10(14)12-5-7/h1-3,7H,4-5H2,(H,12,14). The lowest BCUT2D eigenvalue weighted by atomic mass is 9.98. The zero-order valence-corrected chi connectivity index (χ0v) is 9.03. The number of nitrogens with one attached hydrogen (secondary N) is 1. The van der Waals surface area contributed by atoms with Gasteiger partial charge in [-0.15, -0.1) is 0 Å². The van der Waals surface area contributed by atoms with Crippen LogP contribution < -0.4 is 5.32 Å². The number of carbonyl (C=O) groups excluding carboxylic acids is 1. The van der Waals surface area contributed by atoms with Gasteiger partial charge in [-0.2, -0.15) is 0 Å². The molecule has 1 aromatic rings. The summed E-state index contributed by atoms with van der Waals surface area (Å²) >= 11 is 5.79. The van der Waals surface area contributed by atoms with E-state index in [1.807, 2.05) is 0 Å². The Hall–Kier alpha value is -1.62. The summed E-state index contributed by atoms with van der Waals surface area (Å²) in [5.41, 5.74) is 0.747. The third kappa shape index (κ3) is 1.99. The molecule has 2 rings (SSSR count). The molecule has 1 amide bonds. The van der Waals surface area contributed by atoms with Crippen molar-refractivity contribution in [3.8, 4) is 0 Å². The van der Waals surface area contributed by atoms with Crippen molar-refractivity contribution in [1.29, 1.82) is 0 Å². The Labute approximate surface area is 96.6 Å². The largest absolute Gasteiger partial charge is 0.355 e. The van der Waals surface area contributed by atoms with Crippen LogP contribution in [-0.4, -0.2) is 17.4 Å². The number of rotatable bonds is 2. The molecule has 0 bridgehead atoms. The fourth-order valence-corrected chi connectivity index (χ4v) is 2.02. The van der Waals surface area contributed by atoms with E-state index in [0.717, 1.165) is 5.56 Å². The molecule has 1 atom stereocenters. The molecule has 1 saturated heterocycles. The van der Waals surface area contributed by atoms with E-state index in [4.69, 9.17) is 11.6 Å². The predicted molar refractivity (Wildman–Crippen MR) is 58.5 cm³/mol. The van der Waals surface area contributed by atoms with Crippen molar-refractivity contribution in [2.75, 3.05) is 6.54 Å². The average molecular weight is 241 g/mol. The second-order valence-corrected chi connectivity index (χ2v) is 4.08. The quantitative estimate of drug-likeness (QED) is 0.633. The van der Waals surface area contributed by atoms with E-state index >= 15 is 0 Å². The number of nitrogens with zero attached hydrogens (tertiary/aromatic N) is 1. The summed E-state index contributed by atoms with van der Waals surface area (Å²) in [6, 6.07) is 4.58. The zero-order chi connectivity index (χ0) is 11.7. The Balaban J connectivity index is 2.27. The highest BCUT2D eigenvalue weighted by Crippen LogP contribution is 2.30. The lowest BCUT2D eigenvalue weighted by Gasteiger charge is -2.07. The van der Waals surface area contributed by atoms with Crippen molar-refractivity contribution in [2.24, 2.45) is 0 Å². The van der Waals surface area contributed by atoms with E-state index in [9.17, 15) is 14.9 Å². The summed E-state index contributed by atoms with van der Waals surface area (Å²) in [7, 11) is 0. The van der Waals surface area contributed by atoms with Gasteiger partial charge in [-0.3, -0.25) is 14.9 Å². The molecule has 1 aliphatic heterocycles. The maximum absolute atomic E-state index is 11.0. The number of hydrogen-bond acceptors (Lipinski definition) is 3. The van der Waals surface area contributed by atoms with E-state index in [2.05, 4.69) is 5.32 Å². The summed E-state index contributed by atoms with van der Waals surface area (Å²) in [4.78, 5) is 21.1. The van der Waals surface area contributed by atoms with Gasteiger partial charge in [0.25, 0.3) is 5.69 Å². The van der Waals surface area contributed by atoms with Crippen LogP contribution >= 0.6 is 11.6 Å². The molecule has 1 fully saturated rings. The number of nitro groups is 1. The van der Waals surface area contributed by atoms with Crippen LogP contribution in [0.4, 0.5) is 5.69 Å². The summed E-state index contributed by atoms with van der Waals surface area (Å²) in [6.07, 6.45) is 0.411. The van der Waals surface area contributed by atoms with Crippen LogP contribution in [0.2, 0.25) is 5.02 Å². The van der Waals surface area contributed by atoms with Gasteiger partial charge in [-0.1, -0.05) is 17.7 Å². The van der Waals surface area contributed by atoms with Crippen LogP contribution in [0, 0.1) is 10.1 Å². The van der Waals surface area contributed by atoms with Crippen LogP contribution in [0.15, 0.2) is 18.2 Å². The van der Waals surface area contributed by atoms with E-state index in [1.165, 1.54) is 6.07 Å². The number of hydrogen-bond donors (Lipinski definition) is 1. The van der Waals surface area contributed by atoms with Crippen molar-refractivity contribution in [1.82, 2.24) is 5.32 Å². The fraction of sp³-hybridized carbons (Fsp3) is 0.300. The van der Waals surface area contributed by atoms with Gasteiger partial charge < -0.3 is 5.32 Å². The minimum atomic E-state index is -0.524. The van der Waals surface area contributed by atoms with Crippen LogP contribution in [0.25, 0.3) is 0 Å². The molecule has 0 aromatic heterocycles. The number of halogens is 1. The first kappa shape index (κ1) is 10.9. The molecular weight excluding hydrogens is 232 g/mol. The molecule has 1 N–H and O–H groups in total. The molecule has 6 heteroatoms. The smallest absolute Gasteiger partial charge is 0.287 e. The maximum Gasteiger partial charge on any atom is 0.287 e. The minimum absolute atomic E-state index is 0.000486. The molecular formula is C10H9ClN2O3. The Bertz CT molecular complexity index is 461. The summed E-state index contributed by atoms with van der Waals surface area (Å²) in [5, 5.41) is 13.4. The van der Waals surface area contributed by atoms with Crippen LogP contribution in [0.1, 0.15) is 17.9 Å². The molecule has 16 heavy (non-hydrogen) atoms. The lowest BCUT2D eigenvalue weighted by Crippen LogP contribution is -2.13. The van der Waals surface area contributed by atoms with Crippen LogP contribution in [-0.2, 0) is 4.79 Å². The van der Waals surface area contributed by atoms with E-state index in [0.29, 0.717) is 13.0 Å². The number of benzene rings is 1. The van der Waals surface area contributed by atoms with E-state index < -0.39 is 4.92 Å². The van der Waals surface area contributed by atoms with Crippen molar-refractivity contribution in [3.05, 3.63) is 38.9 Å². The van der Waals surface area contributed by atoms with Gasteiger partial charge in [0, 0.05) is 24.9 Å². The zero-order valence-electron chi connectivity index (χ0n) is 8.27. The Morgan fingerprint density at radius 2 is 2.25 bits per heavy atom. The fourth-order valence-electron chi connectivity index (χ4n) is 1.77. The Kier molecular flexibility index (Phi) is 2.78. The van der Waals surface area contributed by atoms with Gasteiger partial charge in [0.1, 0.15) is 5.02 Å². The summed E-state index contributed by atoms with van der Waals surface area (Å²) in [5.74, 6) is 0.0604. The first-order valence-electron chi connectivity index (χ1n) is 4.78. The van der Waals surface area contributed by atoms with Crippen LogP contribution in [0.3, 0.4) is 0 Å². The highest BCUT2D eigenvalue weighted by molar-refractivity contribution is 6.32. The van der Waals surface area contributed by atoms with Gasteiger partial charge in [-0.05, 0) is 11.6 Å². The average Bonchev–Trinajstić information content (AvgIpc) is 2.64. The van der Waals surface area contributed by atoms with Gasteiger partial charge in [0.05, 0.1) is 4.92 Å². The molecule has 0 radical (unpaired) electrons. The van der Waals surface area contributed by atoms with Gasteiger partial charge in [0.2, 0.25) is 5.91 Å². The van der Waals surface area contributed by atoms with E-state index in [-0.39, 0.29) is 22.5 Å². The Morgan fingerprint density at radius 3 is 2.75 bits per heavy atom. The number of nitro benzene ring substituents is 1. The summed E-state index contributed by atoms with van der Waals surface area (Å²) in [6.45, 7) is 0.562. The molecule has 0 aliphatic carbocycles. The van der Waals surface area contributed by atoms with Crippen molar-refractivity contribution in [2.45, 2.75) is 12.3 Å². The molecule has 1 unspecified atom stereocenters. The van der Waals surface area contributed by atoms with E-state index in [1.54, 1.807) is 12.1 Å². The number of amides is 1. The van der Waals surface area contributed by atoms with Crippen molar-refractivity contribution < 1.29 is 9.72 Å². The maximum atomic E-state index is 11.0. The SMILES string of the molecule is O=C1CC(c2ccc([N+](=O)[O-])c(Cl)c2)CN1. The van der Waals surface area contributed by atoms with Crippen molar-refractivity contribution in [3.63, 3.8) is 0 Å². The molecule has 0 saturated carbocycles. The monoisotopic (exact) mass is 240 g/mol. The molecule has 5 nitrogen and oxygen atoms in total. The first-order chi connectivity index (χ1) is 7.58. The molecule has 0 spiro atoms. The number of carbonyl (C=O) groups is 1. The molecule has 1 heterocycles. The lowest BCUT2D eigenvalue weighted by molar-refractivity contribution is -0.384. The predicted octanol–water partition coefficient (Wildman–Crippen LogP) is 1.85. The highest BCUT2D eigenvalue weighted by atomic mass is 35.5. The Morgan fingerprint density at radius 1 is 1.50 bits per heavy atom. The second kappa shape index (κ2) is 4.09. The molecule has 84 valence electrons. The van der Waals surface area contributed by atoms with Gasteiger partial charge >= 0.3 is 0 Å². The third-order valence-corrected chi connectivity index (χ3v) is 2.92. The minimum Gasteiger partial charge on any atom is -0.355 e. The van der Waals surface area contributed by atoms with Crippen LogP contribution in [0.5, 0.6) is 0 Å². The third-order valence-electron chi connectivity index (χ3n) is 2.62. The first-order valence-corrected chi connectivity index (χ1v) is 5.16. The summed E-state index contributed by atoms with van der Waals surface area (Å²) < 4.78 is 0. The molecule has 1 aliphatic rings. The van der Waals surface area contributed by atoms with Gasteiger partial charge in [-0.25, -0.2) is 0 Å². The normalized spacial score (nSPS) is 19.6. The van der Waals surface area contributed by atoms with Gasteiger partial charge in [0.15, 0.2) is 0 Å². The van der Waals surface area contributed by atoms with Crippen molar-refractivity contribution >= 4 is 23.2 Å². The topological polar surface area (TPSA) is 72.2 Å².